The zero-order valence-electron chi connectivity index (χ0n) is 15.6. The molecule has 3 aromatic carbocycles. The maximum atomic E-state index is 10.6. The van der Waals surface area contributed by atoms with Crippen LogP contribution in [0.25, 0.3) is 11.0 Å². The van der Waals surface area contributed by atoms with E-state index in [1.165, 1.54) is 5.56 Å². The first kappa shape index (κ1) is 19.8. The molecule has 1 heterocycles. The van der Waals surface area contributed by atoms with Crippen LogP contribution in [0.4, 0.5) is 0 Å². The van der Waals surface area contributed by atoms with Crippen LogP contribution in [0.3, 0.4) is 0 Å². The van der Waals surface area contributed by atoms with Crippen molar-refractivity contribution in [3.8, 4) is 5.75 Å². The lowest BCUT2D eigenvalue weighted by Gasteiger charge is -2.16. The molecule has 0 saturated carbocycles. The lowest BCUT2D eigenvalue weighted by atomic mass is 10.1. The molecule has 0 aliphatic rings. The largest absolute Gasteiger partial charge is 0.489 e. The van der Waals surface area contributed by atoms with Crippen LogP contribution in [0.1, 0.15) is 11.4 Å². The monoisotopic (exact) mass is 426 g/mol. The number of aromatic nitrogens is 2. The van der Waals surface area contributed by atoms with E-state index >= 15 is 0 Å². The number of aliphatic hydroxyl groups excluding tert-OH is 1. The predicted octanol–water partition coefficient (Wildman–Crippen LogP) is 5.37. The molecule has 4 nitrogen and oxygen atoms in total. The minimum Gasteiger partial charge on any atom is -0.489 e. The van der Waals surface area contributed by atoms with Gasteiger partial charge in [0.1, 0.15) is 24.3 Å². The van der Waals surface area contributed by atoms with E-state index in [-0.39, 0.29) is 6.61 Å². The summed E-state index contributed by atoms with van der Waals surface area (Å²) in [4.78, 5) is 4.78. The molecule has 1 aromatic heterocycles. The summed E-state index contributed by atoms with van der Waals surface area (Å²) >= 11 is 12.1. The van der Waals surface area contributed by atoms with Gasteiger partial charge in [-0.25, -0.2) is 4.98 Å². The Kier molecular flexibility index (Phi) is 6.05. The number of imidazole rings is 1. The number of para-hydroxylation sites is 2. The Bertz CT molecular complexity index is 1110. The summed E-state index contributed by atoms with van der Waals surface area (Å²) in [6.45, 7) is 0.479. The third kappa shape index (κ3) is 4.73. The zero-order chi connectivity index (χ0) is 20.2. The highest BCUT2D eigenvalue weighted by Crippen LogP contribution is 2.27. The number of nitrogens with zero attached hydrogens (tertiary/aromatic N) is 2. The Morgan fingerprint density at radius 1 is 0.966 bits per heavy atom. The number of benzene rings is 3. The van der Waals surface area contributed by atoms with E-state index in [9.17, 15) is 5.11 Å². The summed E-state index contributed by atoms with van der Waals surface area (Å²) in [5, 5.41) is 11.6. The molecule has 1 atom stereocenters. The van der Waals surface area contributed by atoms with E-state index in [2.05, 4.69) is 16.7 Å². The van der Waals surface area contributed by atoms with Gasteiger partial charge >= 0.3 is 0 Å². The van der Waals surface area contributed by atoms with E-state index in [1.54, 1.807) is 18.2 Å². The number of ether oxygens (including phenoxy) is 1. The standard InChI is InChI=1S/C23H20Cl2N2O2/c24-17-10-11-22(19(25)13-17)29-15-18(28)14-27-21-9-5-4-8-20(21)26-23(27)12-16-6-2-1-3-7-16/h1-11,13,18,28H,12,14-15H2/t18-/m1/s1. The summed E-state index contributed by atoms with van der Waals surface area (Å²) in [6, 6.07) is 23.1. The second-order valence-electron chi connectivity index (χ2n) is 6.83. The van der Waals surface area contributed by atoms with Crippen LogP contribution in [0.2, 0.25) is 10.0 Å². The minimum atomic E-state index is -0.728. The SMILES string of the molecule is O[C@@H](COc1ccc(Cl)cc1Cl)Cn1c(Cc2ccccc2)nc2ccccc21. The maximum absolute atomic E-state index is 10.6. The normalized spacial score (nSPS) is 12.2. The molecular formula is C23H20Cl2N2O2. The average molecular weight is 427 g/mol. The molecule has 29 heavy (non-hydrogen) atoms. The molecule has 0 spiro atoms. The molecule has 0 radical (unpaired) electrons. The molecule has 0 aliphatic carbocycles. The van der Waals surface area contributed by atoms with Gasteiger partial charge in [-0.05, 0) is 35.9 Å². The second-order valence-corrected chi connectivity index (χ2v) is 7.67. The fourth-order valence-corrected chi connectivity index (χ4v) is 3.75. The molecule has 148 valence electrons. The van der Waals surface area contributed by atoms with Crippen LogP contribution < -0.4 is 4.74 Å². The fourth-order valence-electron chi connectivity index (χ4n) is 3.28. The molecule has 0 aliphatic heterocycles. The number of fused-ring (bicyclic) bond motifs is 1. The number of aliphatic hydroxyl groups is 1. The summed E-state index contributed by atoms with van der Waals surface area (Å²) in [6.07, 6.45) is -0.0413. The molecule has 0 bridgehead atoms. The topological polar surface area (TPSA) is 47.3 Å². The van der Waals surface area contributed by atoms with Gasteiger partial charge in [0.25, 0.3) is 0 Å². The zero-order valence-corrected chi connectivity index (χ0v) is 17.1. The van der Waals surface area contributed by atoms with Crippen molar-refractivity contribution < 1.29 is 9.84 Å². The third-order valence-corrected chi connectivity index (χ3v) is 5.19. The lowest BCUT2D eigenvalue weighted by molar-refractivity contribution is 0.0928. The predicted molar refractivity (Wildman–Crippen MR) is 117 cm³/mol. The fraction of sp³-hybridized carbons (Fsp3) is 0.174. The molecule has 0 amide bonds. The van der Waals surface area contributed by atoms with Gasteiger partial charge in [-0.3, -0.25) is 0 Å². The Morgan fingerprint density at radius 2 is 1.72 bits per heavy atom. The van der Waals surface area contributed by atoms with Crippen molar-refractivity contribution in [1.29, 1.82) is 0 Å². The highest BCUT2D eigenvalue weighted by molar-refractivity contribution is 6.35. The Balaban J connectivity index is 1.53. The van der Waals surface area contributed by atoms with Gasteiger partial charge in [-0.2, -0.15) is 0 Å². The Morgan fingerprint density at radius 3 is 2.52 bits per heavy atom. The van der Waals surface area contributed by atoms with E-state index in [0.717, 1.165) is 16.9 Å². The summed E-state index contributed by atoms with van der Waals surface area (Å²) < 4.78 is 7.75. The van der Waals surface area contributed by atoms with Crippen LogP contribution in [-0.2, 0) is 13.0 Å². The molecule has 1 N–H and O–H groups in total. The summed E-state index contributed by atoms with van der Waals surface area (Å²) in [7, 11) is 0. The first-order valence-corrected chi connectivity index (χ1v) is 10.1. The quantitative estimate of drug-likeness (QED) is 0.431. The second kappa shape index (κ2) is 8.87. The number of hydrogen-bond acceptors (Lipinski definition) is 3. The Hall–Kier alpha value is -2.53. The lowest BCUT2D eigenvalue weighted by Crippen LogP contribution is -2.24. The number of hydrogen-bond donors (Lipinski definition) is 1. The molecule has 0 unspecified atom stereocenters. The third-order valence-electron chi connectivity index (χ3n) is 4.66. The van der Waals surface area contributed by atoms with Crippen molar-refractivity contribution >= 4 is 34.2 Å². The van der Waals surface area contributed by atoms with E-state index in [1.807, 2.05) is 42.5 Å². The smallest absolute Gasteiger partial charge is 0.138 e. The van der Waals surface area contributed by atoms with E-state index in [0.29, 0.717) is 28.8 Å². The van der Waals surface area contributed by atoms with Gasteiger partial charge in [0.15, 0.2) is 0 Å². The van der Waals surface area contributed by atoms with Crippen molar-refractivity contribution in [3.05, 3.63) is 94.2 Å². The molecule has 0 saturated heterocycles. The van der Waals surface area contributed by atoms with Crippen molar-refractivity contribution in [3.63, 3.8) is 0 Å². The van der Waals surface area contributed by atoms with Crippen LogP contribution in [0, 0.1) is 0 Å². The highest BCUT2D eigenvalue weighted by Gasteiger charge is 2.15. The van der Waals surface area contributed by atoms with Crippen molar-refractivity contribution in [2.45, 2.75) is 19.1 Å². The van der Waals surface area contributed by atoms with Gasteiger partial charge in [0.05, 0.1) is 22.6 Å². The van der Waals surface area contributed by atoms with Crippen LogP contribution in [0.15, 0.2) is 72.8 Å². The average Bonchev–Trinajstić information content (AvgIpc) is 3.05. The summed E-state index contributed by atoms with van der Waals surface area (Å²) in [5.41, 5.74) is 3.07. The van der Waals surface area contributed by atoms with Crippen LogP contribution >= 0.6 is 23.2 Å². The van der Waals surface area contributed by atoms with Crippen molar-refractivity contribution in [2.24, 2.45) is 0 Å². The van der Waals surface area contributed by atoms with Gasteiger partial charge in [0, 0.05) is 11.4 Å². The highest BCUT2D eigenvalue weighted by atomic mass is 35.5. The molecular weight excluding hydrogens is 407 g/mol. The molecule has 6 heteroatoms. The van der Waals surface area contributed by atoms with Gasteiger partial charge in [0.2, 0.25) is 0 Å². The minimum absolute atomic E-state index is 0.110. The Labute approximate surface area is 179 Å². The van der Waals surface area contributed by atoms with Gasteiger partial charge in [-0.15, -0.1) is 0 Å². The van der Waals surface area contributed by atoms with Crippen LogP contribution in [-0.4, -0.2) is 27.4 Å². The molecule has 4 rings (SSSR count). The van der Waals surface area contributed by atoms with Gasteiger partial charge in [-0.1, -0.05) is 65.7 Å². The first-order chi connectivity index (χ1) is 14.1. The van der Waals surface area contributed by atoms with Crippen molar-refractivity contribution in [1.82, 2.24) is 9.55 Å². The number of rotatable bonds is 7. The van der Waals surface area contributed by atoms with E-state index < -0.39 is 6.10 Å². The van der Waals surface area contributed by atoms with Gasteiger partial charge < -0.3 is 14.4 Å². The van der Waals surface area contributed by atoms with E-state index in [4.69, 9.17) is 32.9 Å². The summed E-state index contributed by atoms with van der Waals surface area (Å²) in [5.74, 6) is 1.40. The molecule has 4 aromatic rings. The maximum Gasteiger partial charge on any atom is 0.138 e. The molecule has 0 fully saturated rings. The van der Waals surface area contributed by atoms with Crippen molar-refractivity contribution in [2.75, 3.05) is 6.61 Å². The van der Waals surface area contributed by atoms with Crippen LogP contribution in [0.5, 0.6) is 5.75 Å². The number of halogens is 2. The first-order valence-electron chi connectivity index (χ1n) is 9.34.